The van der Waals surface area contributed by atoms with Crippen LogP contribution in [0.1, 0.15) is 18.7 Å². The fraction of sp³-hybridized carbons (Fsp3) is 0.471. The molecule has 26 heavy (non-hydrogen) atoms. The predicted octanol–water partition coefficient (Wildman–Crippen LogP) is 2.91. The zero-order chi connectivity index (χ0) is 17.9. The second kappa shape index (κ2) is 12.8. The van der Waals surface area contributed by atoms with Gasteiger partial charge in [0.15, 0.2) is 11.8 Å². The SMILES string of the molecule is CN=C(NCCCCSC)NCc1nc(-c2ccc(OC)cc2)n[nH]1.I. The second-order valence-corrected chi connectivity index (χ2v) is 6.37. The fourth-order valence-corrected chi connectivity index (χ4v) is 2.70. The van der Waals surface area contributed by atoms with Crippen molar-refractivity contribution in [2.45, 2.75) is 19.4 Å². The van der Waals surface area contributed by atoms with E-state index in [4.69, 9.17) is 4.74 Å². The molecule has 0 fully saturated rings. The van der Waals surface area contributed by atoms with E-state index in [1.54, 1.807) is 14.2 Å². The molecule has 0 atom stereocenters. The molecule has 9 heteroatoms. The summed E-state index contributed by atoms with van der Waals surface area (Å²) in [6.07, 6.45) is 4.47. The van der Waals surface area contributed by atoms with Crippen LogP contribution in [0.4, 0.5) is 0 Å². The summed E-state index contributed by atoms with van der Waals surface area (Å²) in [6, 6.07) is 7.67. The molecule has 0 bridgehead atoms. The van der Waals surface area contributed by atoms with Gasteiger partial charge in [-0.3, -0.25) is 10.1 Å². The van der Waals surface area contributed by atoms with Crippen molar-refractivity contribution in [3.8, 4) is 17.1 Å². The number of halogens is 1. The average molecular weight is 490 g/mol. The van der Waals surface area contributed by atoms with Crippen molar-refractivity contribution in [2.75, 3.05) is 32.7 Å². The highest BCUT2D eigenvalue weighted by Crippen LogP contribution is 2.18. The third kappa shape index (κ3) is 7.40. The number of methoxy groups -OCH3 is 1. The lowest BCUT2D eigenvalue weighted by Crippen LogP contribution is -2.37. The fourth-order valence-electron chi connectivity index (χ4n) is 2.21. The van der Waals surface area contributed by atoms with E-state index in [0.717, 1.165) is 36.1 Å². The quantitative estimate of drug-likeness (QED) is 0.217. The predicted molar refractivity (Wildman–Crippen MR) is 120 cm³/mol. The first kappa shape index (κ1) is 22.6. The van der Waals surface area contributed by atoms with Crippen LogP contribution in [0.5, 0.6) is 5.75 Å². The Labute approximate surface area is 176 Å². The highest BCUT2D eigenvalue weighted by molar-refractivity contribution is 14.0. The summed E-state index contributed by atoms with van der Waals surface area (Å²) in [5, 5.41) is 13.8. The number of unbranched alkanes of at least 4 members (excludes halogenated alkanes) is 1. The molecule has 0 aliphatic carbocycles. The number of ether oxygens (including phenoxy) is 1. The van der Waals surface area contributed by atoms with Gasteiger partial charge in [0.25, 0.3) is 0 Å². The minimum absolute atomic E-state index is 0. The number of H-pyrrole nitrogens is 1. The lowest BCUT2D eigenvalue weighted by Gasteiger charge is -2.10. The summed E-state index contributed by atoms with van der Waals surface area (Å²) >= 11 is 1.88. The molecule has 0 amide bonds. The maximum atomic E-state index is 5.16. The number of aromatic nitrogens is 3. The lowest BCUT2D eigenvalue weighted by atomic mass is 10.2. The monoisotopic (exact) mass is 490 g/mol. The first-order valence-electron chi connectivity index (χ1n) is 8.26. The van der Waals surface area contributed by atoms with E-state index in [2.05, 4.69) is 37.1 Å². The largest absolute Gasteiger partial charge is 0.497 e. The van der Waals surface area contributed by atoms with Crippen molar-refractivity contribution >= 4 is 41.7 Å². The Morgan fingerprint density at radius 2 is 2.00 bits per heavy atom. The number of nitrogens with zero attached hydrogens (tertiary/aromatic N) is 3. The van der Waals surface area contributed by atoms with Crippen LogP contribution in [0.2, 0.25) is 0 Å². The van der Waals surface area contributed by atoms with E-state index in [1.165, 1.54) is 12.2 Å². The molecule has 2 aromatic rings. The van der Waals surface area contributed by atoms with Crippen LogP contribution in [0, 0.1) is 0 Å². The molecule has 0 radical (unpaired) electrons. The Hall–Kier alpha value is -1.49. The highest BCUT2D eigenvalue weighted by atomic mass is 127. The molecule has 1 aromatic carbocycles. The number of aromatic amines is 1. The van der Waals surface area contributed by atoms with Gasteiger partial charge in [0.05, 0.1) is 13.7 Å². The summed E-state index contributed by atoms with van der Waals surface area (Å²) in [7, 11) is 3.41. The second-order valence-electron chi connectivity index (χ2n) is 5.39. The molecule has 1 aromatic heterocycles. The van der Waals surface area contributed by atoms with Crippen LogP contribution < -0.4 is 15.4 Å². The molecule has 0 aliphatic rings. The molecule has 1 heterocycles. The molecule has 0 aliphatic heterocycles. The molecule has 0 spiro atoms. The minimum atomic E-state index is 0. The van der Waals surface area contributed by atoms with Gasteiger partial charge in [0, 0.05) is 19.2 Å². The van der Waals surface area contributed by atoms with Crippen molar-refractivity contribution in [2.24, 2.45) is 4.99 Å². The van der Waals surface area contributed by atoms with Crippen molar-refractivity contribution < 1.29 is 4.74 Å². The first-order valence-corrected chi connectivity index (χ1v) is 9.65. The highest BCUT2D eigenvalue weighted by Gasteiger charge is 2.07. The van der Waals surface area contributed by atoms with Gasteiger partial charge in [-0.1, -0.05) is 0 Å². The molecular weight excluding hydrogens is 463 g/mol. The van der Waals surface area contributed by atoms with Crippen LogP contribution >= 0.6 is 35.7 Å². The van der Waals surface area contributed by atoms with Crippen LogP contribution in [0.3, 0.4) is 0 Å². The smallest absolute Gasteiger partial charge is 0.191 e. The van der Waals surface area contributed by atoms with Crippen LogP contribution in [-0.2, 0) is 6.54 Å². The van der Waals surface area contributed by atoms with Crippen LogP contribution in [-0.4, -0.2) is 53.9 Å². The first-order chi connectivity index (χ1) is 12.3. The van der Waals surface area contributed by atoms with Crippen molar-refractivity contribution in [3.05, 3.63) is 30.1 Å². The van der Waals surface area contributed by atoms with Crippen molar-refractivity contribution in [1.82, 2.24) is 25.8 Å². The van der Waals surface area contributed by atoms with Crippen molar-refractivity contribution in [1.29, 1.82) is 0 Å². The summed E-state index contributed by atoms with van der Waals surface area (Å²) in [5.41, 5.74) is 0.944. The Morgan fingerprint density at radius 1 is 1.23 bits per heavy atom. The normalized spacial score (nSPS) is 11.0. The standard InChI is InChI=1S/C17H26N6OS.HI/c1-18-17(19-10-4-5-11-25-3)20-12-15-21-16(23-22-15)13-6-8-14(24-2)9-7-13;/h6-9H,4-5,10-12H2,1-3H3,(H2,18,19,20)(H,21,22,23);1H. The van der Waals surface area contributed by atoms with Gasteiger partial charge in [0.1, 0.15) is 11.6 Å². The maximum Gasteiger partial charge on any atom is 0.191 e. The number of thioether (sulfide) groups is 1. The Kier molecular flexibility index (Phi) is 11.1. The number of guanidine groups is 1. The maximum absolute atomic E-state index is 5.16. The van der Waals surface area contributed by atoms with Crippen molar-refractivity contribution in [3.63, 3.8) is 0 Å². The number of rotatable bonds is 9. The molecule has 0 saturated carbocycles. The molecule has 144 valence electrons. The van der Waals surface area contributed by atoms with Crippen LogP contribution in [0.15, 0.2) is 29.3 Å². The van der Waals surface area contributed by atoms with E-state index in [0.29, 0.717) is 12.4 Å². The molecule has 7 nitrogen and oxygen atoms in total. The zero-order valence-corrected chi connectivity index (χ0v) is 18.6. The van der Waals surface area contributed by atoms with Crippen LogP contribution in [0.25, 0.3) is 11.4 Å². The van der Waals surface area contributed by atoms with Gasteiger partial charge in [-0.25, -0.2) is 4.98 Å². The lowest BCUT2D eigenvalue weighted by molar-refractivity contribution is 0.415. The number of hydrogen-bond donors (Lipinski definition) is 3. The number of benzene rings is 1. The van der Waals surface area contributed by atoms with E-state index in [9.17, 15) is 0 Å². The van der Waals surface area contributed by atoms with Gasteiger partial charge < -0.3 is 15.4 Å². The molecule has 0 unspecified atom stereocenters. The van der Waals surface area contributed by atoms with E-state index >= 15 is 0 Å². The molecule has 0 saturated heterocycles. The van der Waals surface area contributed by atoms with Gasteiger partial charge in [0.2, 0.25) is 0 Å². The number of nitrogens with one attached hydrogen (secondary N) is 3. The van der Waals surface area contributed by atoms with Gasteiger partial charge in [-0.15, -0.1) is 24.0 Å². The van der Waals surface area contributed by atoms with E-state index in [-0.39, 0.29) is 24.0 Å². The minimum Gasteiger partial charge on any atom is -0.497 e. The van der Waals surface area contributed by atoms with Gasteiger partial charge in [-0.2, -0.15) is 16.9 Å². The Balaban J connectivity index is 0.00000338. The summed E-state index contributed by atoms with van der Waals surface area (Å²) in [4.78, 5) is 8.73. The molecule has 3 N–H and O–H groups in total. The summed E-state index contributed by atoms with van der Waals surface area (Å²) in [5.74, 6) is 4.20. The Morgan fingerprint density at radius 3 is 2.65 bits per heavy atom. The number of hydrogen-bond acceptors (Lipinski definition) is 5. The third-order valence-electron chi connectivity index (χ3n) is 3.59. The topological polar surface area (TPSA) is 87.2 Å². The zero-order valence-electron chi connectivity index (χ0n) is 15.4. The molecular formula is C17H27IN6OS. The number of aliphatic imine (C=N–C) groups is 1. The van der Waals surface area contributed by atoms with Gasteiger partial charge >= 0.3 is 0 Å². The third-order valence-corrected chi connectivity index (χ3v) is 4.29. The Bertz CT molecular complexity index is 662. The summed E-state index contributed by atoms with van der Waals surface area (Å²) in [6.45, 7) is 1.45. The van der Waals surface area contributed by atoms with Gasteiger partial charge in [-0.05, 0) is 49.1 Å². The van der Waals surface area contributed by atoms with E-state index < -0.39 is 0 Å². The average Bonchev–Trinajstić information content (AvgIpc) is 3.13. The van der Waals surface area contributed by atoms with E-state index in [1.807, 2.05) is 36.0 Å². The molecule has 2 rings (SSSR count). The summed E-state index contributed by atoms with van der Waals surface area (Å²) < 4.78 is 5.16.